The van der Waals surface area contributed by atoms with E-state index in [0.717, 1.165) is 10.7 Å². The van der Waals surface area contributed by atoms with Crippen LogP contribution >= 0.6 is 23.6 Å². The summed E-state index contributed by atoms with van der Waals surface area (Å²) in [5.41, 5.74) is 7.75. The maximum Gasteiger partial charge on any atom is 0.253 e. The van der Waals surface area contributed by atoms with Crippen LogP contribution in [0.25, 0.3) is 0 Å². The zero-order valence-corrected chi connectivity index (χ0v) is 12.9. The van der Waals surface area contributed by atoms with Gasteiger partial charge < -0.3 is 10.6 Å². The van der Waals surface area contributed by atoms with E-state index in [1.165, 1.54) is 0 Å². The van der Waals surface area contributed by atoms with Crippen LogP contribution in [0.4, 0.5) is 0 Å². The van der Waals surface area contributed by atoms with Crippen LogP contribution in [-0.2, 0) is 6.54 Å². The number of rotatable bonds is 4. The molecule has 2 aromatic rings. The summed E-state index contributed by atoms with van der Waals surface area (Å²) < 4.78 is 0. The molecule has 0 unspecified atom stereocenters. The fourth-order valence-electron chi connectivity index (χ4n) is 1.82. The van der Waals surface area contributed by atoms with E-state index in [9.17, 15) is 4.79 Å². The molecule has 6 heteroatoms. The Morgan fingerprint density at radius 2 is 2.15 bits per heavy atom. The van der Waals surface area contributed by atoms with Gasteiger partial charge in [0.15, 0.2) is 0 Å². The normalized spacial score (nSPS) is 10.3. The van der Waals surface area contributed by atoms with E-state index in [0.29, 0.717) is 17.7 Å². The van der Waals surface area contributed by atoms with Gasteiger partial charge >= 0.3 is 0 Å². The van der Waals surface area contributed by atoms with Crippen molar-refractivity contribution in [3.8, 4) is 0 Å². The Balaban J connectivity index is 2.14. The summed E-state index contributed by atoms with van der Waals surface area (Å²) in [5.74, 6) is -0.0752. The van der Waals surface area contributed by atoms with Gasteiger partial charge in [0.2, 0.25) is 0 Å². The average Bonchev–Trinajstić information content (AvgIpc) is 2.83. The lowest BCUT2D eigenvalue weighted by atomic mass is 10.1. The third-order valence-corrected chi connectivity index (χ3v) is 3.86. The van der Waals surface area contributed by atoms with Crippen molar-refractivity contribution < 1.29 is 4.79 Å². The minimum atomic E-state index is -0.0752. The molecule has 0 spiro atoms. The number of thiazole rings is 1. The molecule has 0 atom stereocenters. The van der Waals surface area contributed by atoms with Crippen molar-refractivity contribution in [2.75, 3.05) is 7.05 Å². The van der Waals surface area contributed by atoms with Gasteiger partial charge in [-0.3, -0.25) is 4.79 Å². The van der Waals surface area contributed by atoms with Crippen LogP contribution in [0.2, 0.25) is 0 Å². The largest absolute Gasteiger partial charge is 0.389 e. The molecule has 1 heterocycles. The Hall–Kier alpha value is -1.79. The molecular formula is C14H15N3OS2. The van der Waals surface area contributed by atoms with E-state index in [1.54, 1.807) is 47.5 Å². The first-order chi connectivity index (χ1) is 9.47. The number of amides is 1. The molecule has 1 aromatic heterocycles. The van der Waals surface area contributed by atoms with Crippen molar-refractivity contribution in [2.24, 2.45) is 5.73 Å². The minimum Gasteiger partial charge on any atom is -0.389 e. The summed E-state index contributed by atoms with van der Waals surface area (Å²) in [5, 5.41) is 2.96. The van der Waals surface area contributed by atoms with Crippen LogP contribution in [0.1, 0.15) is 26.6 Å². The molecule has 2 N–H and O–H groups in total. The third kappa shape index (κ3) is 3.40. The van der Waals surface area contributed by atoms with Gasteiger partial charge in [0.25, 0.3) is 5.91 Å². The Labute approximate surface area is 127 Å². The van der Waals surface area contributed by atoms with Crippen LogP contribution in [0, 0.1) is 6.92 Å². The predicted octanol–water partition coefficient (Wildman–Crippen LogP) is 2.36. The first-order valence-corrected chi connectivity index (χ1v) is 7.32. The fraction of sp³-hybridized carbons (Fsp3) is 0.214. The van der Waals surface area contributed by atoms with Crippen molar-refractivity contribution in [3.05, 3.63) is 51.5 Å². The van der Waals surface area contributed by atoms with Crippen molar-refractivity contribution in [1.29, 1.82) is 0 Å². The fourth-order valence-corrected chi connectivity index (χ4v) is 2.55. The van der Waals surface area contributed by atoms with Gasteiger partial charge in [-0.2, -0.15) is 0 Å². The van der Waals surface area contributed by atoms with Crippen molar-refractivity contribution in [1.82, 2.24) is 9.88 Å². The summed E-state index contributed by atoms with van der Waals surface area (Å²) in [7, 11) is 1.75. The number of hydrogen-bond donors (Lipinski definition) is 1. The van der Waals surface area contributed by atoms with Crippen LogP contribution in [0.3, 0.4) is 0 Å². The summed E-state index contributed by atoms with van der Waals surface area (Å²) in [6.07, 6.45) is 0. The molecule has 0 radical (unpaired) electrons. The minimum absolute atomic E-state index is 0.0752. The number of carbonyl (C=O) groups is 1. The lowest BCUT2D eigenvalue weighted by Crippen LogP contribution is -2.26. The molecular weight excluding hydrogens is 290 g/mol. The average molecular weight is 305 g/mol. The molecule has 2 rings (SSSR count). The molecule has 0 bridgehead atoms. The van der Waals surface area contributed by atoms with Gasteiger partial charge in [0.05, 0.1) is 17.2 Å². The molecule has 0 aliphatic rings. The number of carbonyl (C=O) groups excluding carboxylic acids is 1. The van der Waals surface area contributed by atoms with E-state index in [4.69, 9.17) is 18.0 Å². The highest BCUT2D eigenvalue weighted by molar-refractivity contribution is 7.80. The lowest BCUT2D eigenvalue weighted by molar-refractivity contribution is 0.0783. The maximum atomic E-state index is 12.3. The highest BCUT2D eigenvalue weighted by Crippen LogP contribution is 2.13. The van der Waals surface area contributed by atoms with Gasteiger partial charge in [0.1, 0.15) is 4.99 Å². The number of aryl methyl sites for hydroxylation is 1. The van der Waals surface area contributed by atoms with Crippen LogP contribution in [0.15, 0.2) is 29.6 Å². The van der Waals surface area contributed by atoms with Gasteiger partial charge in [-0.05, 0) is 19.1 Å². The second kappa shape index (κ2) is 6.11. The Bertz CT molecular complexity index is 651. The highest BCUT2D eigenvalue weighted by atomic mass is 32.1. The van der Waals surface area contributed by atoms with E-state index in [2.05, 4.69) is 4.98 Å². The van der Waals surface area contributed by atoms with Crippen LogP contribution in [-0.4, -0.2) is 27.8 Å². The zero-order chi connectivity index (χ0) is 14.7. The summed E-state index contributed by atoms with van der Waals surface area (Å²) in [4.78, 5) is 18.6. The monoisotopic (exact) mass is 305 g/mol. The van der Waals surface area contributed by atoms with Gasteiger partial charge in [-0.15, -0.1) is 11.3 Å². The Morgan fingerprint density at radius 3 is 2.75 bits per heavy atom. The van der Waals surface area contributed by atoms with Crippen LogP contribution in [0.5, 0.6) is 0 Å². The highest BCUT2D eigenvalue weighted by Gasteiger charge is 2.14. The first-order valence-electron chi connectivity index (χ1n) is 6.03. The number of hydrogen-bond acceptors (Lipinski definition) is 4. The summed E-state index contributed by atoms with van der Waals surface area (Å²) in [6.45, 7) is 2.43. The number of thiocarbonyl (C=S) groups is 1. The Morgan fingerprint density at radius 1 is 1.45 bits per heavy atom. The van der Waals surface area contributed by atoms with E-state index in [1.807, 2.05) is 12.3 Å². The standard InChI is InChI=1S/C14H15N3OS2/c1-9-16-12(8-20-9)7-17(2)14(18)11-5-3-4-10(6-11)13(15)19/h3-6,8H,7H2,1-2H3,(H2,15,19). The smallest absolute Gasteiger partial charge is 0.253 e. The molecule has 1 aromatic carbocycles. The number of nitrogens with two attached hydrogens (primary N) is 1. The van der Waals surface area contributed by atoms with E-state index < -0.39 is 0 Å². The molecule has 20 heavy (non-hydrogen) atoms. The van der Waals surface area contributed by atoms with Gasteiger partial charge in [-0.1, -0.05) is 24.4 Å². The second-order valence-corrected chi connectivity index (χ2v) is 5.97. The van der Waals surface area contributed by atoms with Crippen molar-refractivity contribution >= 4 is 34.5 Å². The molecule has 104 valence electrons. The van der Waals surface area contributed by atoms with E-state index >= 15 is 0 Å². The molecule has 1 amide bonds. The number of nitrogens with zero attached hydrogens (tertiary/aromatic N) is 2. The molecule has 0 fully saturated rings. The molecule has 0 saturated carbocycles. The number of aromatic nitrogens is 1. The topological polar surface area (TPSA) is 59.2 Å². The van der Waals surface area contributed by atoms with E-state index in [-0.39, 0.29) is 10.9 Å². The number of benzene rings is 1. The lowest BCUT2D eigenvalue weighted by Gasteiger charge is -2.16. The van der Waals surface area contributed by atoms with Crippen molar-refractivity contribution in [3.63, 3.8) is 0 Å². The maximum absolute atomic E-state index is 12.3. The van der Waals surface area contributed by atoms with Gasteiger partial charge in [0, 0.05) is 23.6 Å². The molecule has 0 aliphatic heterocycles. The van der Waals surface area contributed by atoms with Crippen LogP contribution < -0.4 is 5.73 Å². The first kappa shape index (κ1) is 14.6. The molecule has 4 nitrogen and oxygen atoms in total. The summed E-state index contributed by atoms with van der Waals surface area (Å²) >= 11 is 6.50. The summed E-state index contributed by atoms with van der Waals surface area (Å²) in [6, 6.07) is 7.05. The zero-order valence-electron chi connectivity index (χ0n) is 11.3. The quantitative estimate of drug-likeness (QED) is 0.881. The third-order valence-electron chi connectivity index (χ3n) is 2.81. The SMILES string of the molecule is Cc1nc(CN(C)C(=O)c2cccc(C(N)=S)c2)cs1. The predicted molar refractivity (Wildman–Crippen MR) is 85.0 cm³/mol. The molecule has 0 saturated heterocycles. The second-order valence-electron chi connectivity index (χ2n) is 4.46. The molecule has 0 aliphatic carbocycles. The Kier molecular flexibility index (Phi) is 4.46. The van der Waals surface area contributed by atoms with Gasteiger partial charge in [-0.25, -0.2) is 4.98 Å². The van der Waals surface area contributed by atoms with Crippen molar-refractivity contribution in [2.45, 2.75) is 13.5 Å².